The molecule has 0 aliphatic rings. The van der Waals surface area contributed by atoms with Gasteiger partial charge < -0.3 is 5.73 Å². The van der Waals surface area contributed by atoms with Gasteiger partial charge in [0.2, 0.25) is 0 Å². The molecule has 3 aromatic rings. The summed E-state index contributed by atoms with van der Waals surface area (Å²) in [7, 11) is 1.93. The van der Waals surface area contributed by atoms with Crippen LogP contribution in [0.4, 0.5) is 0 Å². The first-order valence-electron chi connectivity index (χ1n) is 6.36. The molecule has 1 aromatic carbocycles. The molecule has 0 aliphatic heterocycles. The zero-order chi connectivity index (χ0) is 13.4. The molecular formula is C15H17N3S. The Morgan fingerprint density at radius 3 is 2.89 bits per heavy atom. The van der Waals surface area contributed by atoms with Crippen molar-refractivity contribution in [2.24, 2.45) is 12.8 Å². The number of aromatic nitrogens is 2. The predicted octanol–water partition coefficient (Wildman–Crippen LogP) is 3.19. The van der Waals surface area contributed by atoms with Gasteiger partial charge >= 0.3 is 0 Å². The third-order valence-electron chi connectivity index (χ3n) is 3.45. The number of aryl methyl sites for hydroxylation is 2. The standard InChI is InChI=1S/C15H17N3S/c1-10-13(8-18(2)17-10)14(16)7-11-9-19-15-6-4-3-5-12(11)15/h3-6,8-9,14H,7,16H2,1-2H3. The van der Waals surface area contributed by atoms with Gasteiger partial charge in [-0.15, -0.1) is 11.3 Å². The van der Waals surface area contributed by atoms with Crippen LogP contribution in [0.3, 0.4) is 0 Å². The molecule has 0 spiro atoms. The molecule has 1 atom stereocenters. The monoisotopic (exact) mass is 271 g/mol. The van der Waals surface area contributed by atoms with Gasteiger partial charge in [0, 0.05) is 29.5 Å². The SMILES string of the molecule is Cc1nn(C)cc1C(N)Cc1csc2ccccc12. The van der Waals surface area contributed by atoms with Crippen molar-refractivity contribution in [1.29, 1.82) is 0 Å². The fourth-order valence-corrected chi connectivity index (χ4v) is 3.50. The van der Waals surface area contributed by atoms with Crippen molar-refractivity contribution in [3.63, 3.8) is 0 Å². The molecule has 0 bridgehead atoms. The predicted molar refractivity (Wildman–Crippen MR) is 80.4 cm³/mol. The maximum atomic E-state index is 6.34. The number of nitrogens with two attached hydrogens (primary N) is 1. The Kier molecular flexibility index (Phi) is 3.12. The molecule has 3 nitrogen and oxygen atoms in total. The van der Waals surface area contributed by atoms with E-state index in [2.05, 4.69) is 34.7 Å². The first kappa shape index (κ1) is 12.4. The summed E-state index contributed by atoms with van der Waals surface area (Å²) < 4.78 is 3.16. The minimum atomic E-state index is 0.00621. The van der Waals surface area contributed by atoms with Crippen molar-refractivity contribution in [2.75, 3.05) is 0 Å². The number of hydrogen-bond acceptors (Lipinski definition) is 3. The lowest BCUT2D eigenvalue weighted by Crippen LogP contribution is -2.13. The summed E-state index contributed by atoms with van der Waals surface area (Å²) in [5.41, 5.74) is 9.83. The van der Waals surface area contributed by atoms with E-state index >= 15 is 0 Å². The number of fused-ring (bicyclic) bond motifs is 1. The number of hydrogen-bond donors (Lipinski definition) is 1. The summed E-state index contributed by atoms with van der Waals surface area (Å²) in [5.74, 6) is 0. The molecule has 0 saturated carbocycles. The Bertz CT molecular complexity index is 711. The zero-order valence-corrected chi connectivity index (χ0v) is 11.9. The minimum Gasteiger partial charge on any atom is -0.324 e. The second kappa shape index (κ2) is 4.79. The van der Waals surface area contributed by atoms with Crippen LogP contribution in [0.2, 0.25) is 0 Å². The number of thiophene rings is 1. The van der Waals surface area contributed by atoms with Crippen LogP contribution >= 0.6 is 11.3 Å². The van der Waals surface area contributed by atoms with Crippen molar-refractivity contribution in [3.05, 3.63) is 52.7 Å². The molecule has 0 fully saturated rings. The Balaban J connectivity index is 1.91. The molecule has 0 amide bonds. The molecule has 98 valence electrons. The van der Waals surface area contributed by atoms with Crippen LogP contribution in [0.5, 0.6) is 0 Å². The van der Waals surface area contributed by atoms with E-state index in [1.165, 1.54) is 15.6 Å². The molecule has 0 aliphatic carbocycles. The Morgan fingerprint density at radius 2 is 2.16 bits per heavy atom. The van der Waals surface area contributed by atoms with E-state index in [4.69, 9.17) is 5.73 Å². The lowest BCUT2D eigenvalue weighted by molar-refractivity contribution is 0.719. The third-order valence-corrected chi connectivity index (χ3v) is 4.46. The van der Waals surface area contributed by atoms with Crippen molar-refractivity contribution in [3.8, 4) is 0 Å². The average Bonchev–Trinajstić information content (AvgIpc) is 2.94. The maximum Gasteiger partial charge on any atom is 0.0641 e. The first-order valence-corrected chi connectivity index (χ1v) is 7.24. The molecule has 19 heavy (non-hydrogen) atoms. The van der Waals surface area contributed by atoms with Crippen LogP contribution in [0.1, 0.15) is 22.9 Å². The van der Waals surface area contributed by atoms with Crippen LogP contribution in [0.15, 0.2) is 35.8 Å². The summed E-state index contributed by atoms with van der Waals surface area (Å²) in [6, 6.07) is 8.49. The lowest BCUT2D eigenvalue weighted by atomic mass is 10.00. The van der Waals surface area contributed by atoms with Gasteiger partial charge in [0.25, 0.3) is 0 Å². The van der Waals surface area contributed by atoms with Gasteiger partial charge in [0.1, 0.15) is 0 Å². The van der Waals surface area contributed by atoms with E-state index in [1.54, 1.807) is 11.3 Å². The normalized spacial score (nSPS) is 13.0. The largest absolute Gasteiger partial charge is 0.324 e. The number of rotatable bonds is 3. The molecule has 0 radical (unpaired) electrons. The summed E-state index contributed by atoms with van der Waals surface area (Å²) in [4.78, 5) is 0. The Hall–Kier alpha value is -1.65. The topological polar surface area (TPSA) is 43.8 Å². The summed E-state index contributed by atoms with van der Waals surface area (Å²) in [5, 5.41) is 7.91. The van der Waals surface area contributed by atoms with E-state index in [0.717, 1.165) is 17.7 Å². The van der Waals surface area contributed by atoms with Gasteiger partial charge in [-0.1, -0.05) is 18.2 Å². The van der Waals surface area contributed by atoms with E-state index < -0.39 is 0 Å². The van der Waals surface area contributed by atoms with E-state index in [1.807, 2.05) is 24.9 Å². The average molecular weight is 271 g/mol. The van der Waals surface area contributed by atoms with Crippen molar-refractivity contribution >= 4 is 21.4 Å². The highest BCUT2D eigenvalue weighted by molar-refractivity contribution is 7.17. The molecule has 2 aromatic heterocycles. The van der Waals surface area contributed by atoms with Crippen LogP contribution in [0.25, 0.3) is 10.1 Å². The van der Waals surface area contributed by atoms with Crippen LogP contribution in [-0.4, -0.2) is 9.78 Å². The lowest BCUT2D eigenvalue weighted by Gasteiger charge is -2.10. The van der Waals surface area contributed by atoms with Crippen LogP contribution in [0, 0.1) is 6.92 Å². The van der Waals surface area contributed by atoms with E-state index in [-0.39, 0.29) is 6.04 Å². The molecule has 1 unspecified atom stereocenters. The van der Waals surface area contributed by atoms with Gasteiger partial charge in [-0.2, -0.15) is 5.10 Å². The van der Waals surface area contributed by atoms with Gasteiger partial charge in [0.05, 0.1) is 5.69 Å². The summed E-state index contributed by atoms with van der Waals surface area (Å²) in [6.45, 7) is 2.01. The molecule has 4 heteroatoms. The zero-order valence-electron chi connectivity index (χ0n) is 11.1. The van der Waals surface area contributed by atoms with Gasteiger partial charge in [-0.25, -0.2) is 0 Å². The molecule has 2 N–H and O–H groups in total. The van der Waals surface area contributed by atoms with Crippen molar-refractivity contribution in [2.45, 2.75) is 19.4 Å². The van der Waals surface area contributed by atoms with E-state index in [0.29, 0.717) is 0 Å². The Labute approximate surface area is 116 Å². The second-order valence-electron chi connectivity index (χ2n) is 4.91. The quantitative estimate of drug-likeness (QED) is 0.795. The third kappa shape index (κ3) is 2.29. The minimum absolute atomic E-state index is 0.00621. The van der Waals surface area contributed by atoms with Gasteiger partial charge in [0.15, 0.2) is 0 Å². The van der Waals surface area contributed by atoms with Crippen molar-refractivity contribution < 1.29 is 0 Å². The van der Waals surface area contributed by atoms with E-state index in [9.17, 15) is 0 Å². The fraction of sp³-hybridized carbons (Fsp3) is 0.267. The highest BCUT2D eigenvalue weighted by atomic mass is 32.1. The first-order chi connectivity index (χ1) is 9.15. The van der Waals surface area contributed by atoms with Crippen LogP contribution in [-0.2, 0) is 13.5 Å². The van der Waals surface area contributed by atoms with Crippen LogP contribution < -0.4 is 5.73 Å². The molecule has 3 rings (SSSR count). The van der Waals surface area contributed by atoms with Crippen molar-refractivity contribution in [1.82, 2.24) is 9.78 Å². The van der Waals surface area contributed by atoms with Gasteiger partial charge in [-0.3, -0.25) is 4.68 Å². The summed E-state index contributed by atoms with van der Waals surface area (Å²) in [6.07, 6.45) is 2.88. The fourth-order valence-electron chi connectivity index (χ4n) is 2.52. The molecule has 2 heterocycles. The van der Waals surface area contributed by atoms with Gasteiger partial charge in [-0.05, 0) is 35.7 Å². The highest BCUT2D eigenvalue weighted by Crippen LogP contribution is 2.29. The number of nitrogens with zero attached hydrogens (tertiary/aromatic N) is 2. The molecular weight excluding hydrogens is 254 g/mol. The Morgan fingerprint density at radius 1 is 1.37 bits per heavy atom. The smallest absolute Gasteiger partial charge is 0.0641 e. The highest BCUT2D eigenvalue weighted by Gasteiger charge is 2.14. The second-order valence-corrected chi connectivity index (χ2v) is 5.82. The summed E-state index contributed by atoms with van der Waals surface area (Å²) >= 11 is 1.78. The maximum absolute atomic E-state index is 6.34. The number of benzene rings is 1. The molecule has 0 saturated heterocycles.